The molecule has 156 valence electrons. The van der Waals surface area contributed by atoms with E-state index in [0.717, 1.165) is 43.4 Å². The van der Waals surface area contributed by atoms with E-state index in [4.69, 9.17) is 0 Å². The van der Waals surface area contributed by atoms with Gasteiger partial charge in [0.15, 0.2) is 5.82 Å². The largest absolute Gasteiger partial charge is 0.573 e. The molecule has 4 rings (SSSR count). The number of anilines is 3. The van der Waals surface area contributed by atoms with Crippen molar-refractivity contribution in [3.05, 3.63) is 48.9 Å². The van der Waals surface area contributed by atoms with Crippen LogP contribution in [0.15, 0.2) is 48.9 Å². The molecule has 0 unspecified atom stereocenters. The molecule has 4 heterocycles. The Morgan fingerprint density at radius 3 is 2.53 bits per heavy atom. The lowest BCUT2D eigenvalue weighted by molar-refractivity contribution is -0.274. The number of halogens is 3. The van der Waals surface area contributed by atoms with E-state index < -0.39 is 6.36 Å². The average Bonchev–Trinajstić information content (AvgIpc) is 2.74. The Kier molecular flexibility index (Phi) is 5.64. The molecule has 7 nitrogen and oxygen atoms in total. The van der Waals surface area contributed by atoms with E-state index in [9.17, 15) is 13.2 Å². The fraction of sp³-hybridized carbons (Fsp3) is 0.300. The lowest BCUT2D eigenvalue weighted by Gasteiger charge is -2.28. The maximum Gasteiger partial charge on any atom is 0.573 e. The first-order valence-corrected chi connectivity index (χ1v) is 9.49. The Hall–Kier alpha value is -3.43. The Balaban J connectivity index is 1.66. The third kappa shape index (κ3) is 5.13. The van der Waals surface area contributed by atoms with Gasteiger partial charge in [0.05, 0.1) is 0 Å². The van der Waals surface area contributed by atoms with Crippen LogP contribution in [0.25, 0.3) is 11.4 Å². The highest BCUT2D eigenvalue weighted by molar-refractivity contribution is 5.64. The molecule has 0 saturated carbocycles. The normalized spacial score (nSPS) is 14.4. The average molecular weight is 416 g/mol. The van der Waals surface area contributed by atoms with Gasteiger partial charge in [-0.15, -0.1) is 13.2 Å². The van der Waals surface area contributed by atoms with Crippen LogP contribution in [0, 0.1) is 0 Å². The fourth-order valence-corrected chi connectivity index (χ4v) is 3.22. The van der Waals surface area contributed by atoms with Crippen molar-refractivity contribution in [2.45, 2.75) is 25.6 Å². The molecule has 0 spiro atoms. The molecule has 0 amide bonds. The van der Waals surface area contributed by atoms with Gasteiger partial charge in [-0.3, -0.25) is 4.98 Å². The van der Waals surface area contributed by atoms with E-state index in [-0.39, 0.29) is 11.6 Å². The predicted octanol–water partition coefficient (Wildman–Crippen LogP) is 4.57. The van der Waals surface area contributed by atoms with Gasteiger partial charge in [0.1, 0.15) is 23.2 Å². The summed E-state index contributed by atoms with van der Waals surface area (Å²) in [5.74, 6) is 1.45. The van der Waals surface area contributed by atoms with Crippen LogP contribution in [0.1, 0.15) is 19.3 Å². The van der Waals surface area contributed by atoms with Crippen molar-refractivity contribution < 1.29 is 17.9 Å². The van der Waals surface area contributed by atoms with Crippen LogP contribution >= 0.6 is 0 Å². The molecule has 3 aromatic heterocycles. The second-order valence-electron chi connectivity index (χ2n) is 6.77. The van der Waals surface area contributed by atoms with Gasteiger partial charge in [0.2, 0.25) is 0 Å². The third-order valence-electron chi connectivity index (χ3n) is 4.53. The molecule has 30 heavy (non-hydrogen) atoms. The minimum Gasteiger partial charge on any atom is -0.406 e. The number of ether oxygens (including phenoxy) is 1. The summed E-state index contributed by atoms with van der Waals surface area (Å²) in [6.07, 6.45) is 3.11. The second kappa shape index (κ2) is 8.52. The van der Waals surface area contributed by atoms with Crippen LogP contribution in [-0.2, 0) is 0 Å². The van der Waals surface area contributed by atoms with E-state index in [2.05, 4.69) is 34.9 Å². The first-order chi connectivity index (χ1) is 14.5. The molecule has 0 aromatic carbocycles. The van der Waals surface area contributed by atoms with Crippen LogP contribution in [0.4, 0.5) is 30.6 Å². The quantitative estimate of drug-likeness (QED) is 0.653. The Morgan fingerprint density at radius 2 is 1.80 bits per heavy atom. The molecule has 1 aliphatic heterocycles. The van der Waals surface area contributed by atoms with E-state index >= 15 is 0 Å². The summed E-state index contributed by atoms with van der Waals surface area (Å²) in [5, 5.41) is 2.96. The van der Waals surface area contributed by atoms with Crippen molar-refractivity contribution in [2.75, 3.05) is 23.3 Å². The summed E-state index contributed by atoms with van der Waals surface area (Å²) in [6.45, 7) is 1.77. The minimum absolute atomic E-state index is 0.178. The zero-order chi connectivity index (χ0) is 21.0. The van der Waals surface area contributed by atoms with Crippen molar-refractivity contribution in [3.8, 4) is 17.1 Å². The number of nitrogens with zero attached hydrogens (tertiary/aromatic N) is 5. The van der Waals surface area contributed by atoms with E-state index in [1.165, 1.54) is 18.7 Å². The van der Waals surface area contributed by atoms with Gasteiger partial charge < -0.3 is 15.0 Å². The molecule has 0 bridgehead atoms. The fourth-order valence-electron chi connectivity index (χ4n) is 3.22. The summed E-state index contributed by atoms with van der Waals surface area (Å²) in [4.78, 5) is 19.5. The molecule has 0 atom stereocenters. The van der Waals surface area contributed by atoms with Crippen molar-refractivity contribution in [1.82, 2.24) is 19.9 Å². The van der Waals surface area contributed by atoms with Crippen molar-refractivity contribution in [3.63, 3.8) is 0 Å². The first kappa shape index (κ1) is 19.9. The third-order valence-corrected chi connectivity index (χ3v) is 4.53. The maximum atomic E-state index is 12.5. The SMILES string of the molecule is FC(F)(F)Oc1ccnc(Nc2cc(N3CCCCC3)nc(-c3cccnc3)n2)c1. The van der Waals surface area contributed by atoms with Crippen molar-refractivity contribution in [1.29, 1.82) is 0 Å². The van der Waals surface area contributed by atoms with Gasteiger partial charge in [-0.25, -0.2) is 15.0 Å². The highest BCUT2D eigenvalue weighted by atomic mass is 19.4. The van der Waals surface area contributed by atoms with Crippen LogP contribution < -0.4 is 15.0 Å². The molecule has 1 fully saturated rings. The number of hydrogen-bond donors (Lipinski definition) is 1. The smallest absolute Gasteiger partial charge is 0.406 e. The molecule has 0 radical (unpaired) electrons. The van der Waals surface area contributed by atoms with E-state index in [1.807, 2.05) is 6.07 Å². The number of piperidine rings is 1. The van der Waals surface area contributed by atoms with Gasteiger partial charge >= 0.3 is 6.36 Å². The monoisotopic (exact) mass is 416 g/mol. The minimum atomic E-state index is -4.78. The number of nitrogens with one attached hydrogen (secondary N) is 1. The van der Waals surface area contributed by atoms with Crippen LogP contribution in [0.5, 0.6) is 5.75 Å². The molecule has 3 aromatic rings. The van der Waals surface area contributed by atoms with Gasteiger partial charge in [-0.1, -0.05) is 0 Å². The Labute approximate surface area is 171 Å². The van der Waals surface area contributed by atoms with Crippen LogP contribution in [0.2, 0.25) is 0 Å². The maximum absolute atomic E-state index is 12.5. The summed E-state index contributed by atoms with van der Waals surface area (Å²) < 4.78 is 41.5. The van der Waals surface area contributed by atoms with Gasteiger partial charge in [-0.05, 0) is 37.5 Å². The highest BCUT2D eigenvalue weighted by Gasteiger charge is 2.31. The predicted molar refractivity (Wildman–Crippen MR) is 106 cm³/mol. The lowest BCUT2D eigenvalue weighted by atomic mass is 10.1. The van der Waals surface area contributed by atoms with Crippen LogP contribution in [-0.4, -0.2) is 39.4 Å². The number of rotatable bonds is 5. The highest BCUT2D eigenvalue weighted by Crippen LogP contribution is 2.28. The number of alkyl halides is 3. The molecular formula is C20H19F3N6O. The zero-order valence-corrected chi connectivity index (χ0v) is 15.9. The van der Waals surface area contributed by atoms with Gasteiger partial charge in [-0.2, -0.15) is 0 Å². The van der Waals surface area contributed by atoms with Gasteiger partial charge in [0, 0.05) is 49.4 Å². The molecule has 1 saturated heterocycles. The van der Waals surface area contributed by atoms with E-state index in [1.54, 1.807) is 24.5 Å². The van der Waals surface area contributed by atoms with Crippen molar-refractivity contribution in [2.24, 2.45) is 0 Å². The molecular weight excluding hydrogens is 397 g/mol. The summed E-state index contributed by atoms with van der Waals surface area (Å²) in [6, 6.07) is 7.71. The van der Waals surface area contributed by atoms with Crippen molar-refractivity contribution >= 4 is 17.5 Å². The number of aromatic nitrogens is 4. The van der Waals surface area contributed by atoms with Crippen LogP contribution in [0.3, 0.4) is 0 Å². The van der Waals surface area contributed by atoms with Gasteiger partial charge in [0.25, 0.3) is 0 Å². The second-order valence-corrected chi connectivity index (χ2v) is 6.77. The molecule has 0 aliphatic carbocycles. The number of hydrogen-bond acceptors (Lipinski definition) is 7. The molecule has 1 aliphatic rings. The summed E-state index contributed by atoms with van der Waals surface area (Å²) >= 11 is 0. The first-order valence-electron chi connectivity index (χ1n) is 9.49. The molecule has 10 heteroatoms. The Morgan fingerprint density at radius 1 is 0.967 bits per heavy atom. The Bertz CT molecular complexity index is 993. The zero-order valence-electron chi connectivity index (χ0n) is 15.9. The lowest BCUT2D eigenvalue weighted by Crippen LogP contribution is -2.30. The summed E-state index contributed by atoms with van der Waals surface area (Å²) in [5.41, 5.74) is 0.738. The number of pyridine rings is 2. The standard InChI is InChI=1S/C20H19F3N6O/c21-20(22,23)30-15-6-8-25-16(11-15)26-17-12-18(29-9-2-1-3-10-29)28-19(27-17)14-5-4-7-24-13-14/h4-8,11-13H,1-3,9-10H2,(H,25,26,27,28). The topological polar surface area (TPSA) is 76.1 Å². The van der Waals surface area contributed by atoms with E-state index in [0.29, 0.717) is 11.6 Å². The summed E-state index contributed by atoms with van der Waals surface area (Å²) in [7, 11) is 0. The molecule has 1 N–H and O–H groups in total.